The van der Waals surface area contributed by atoms with Crippen LogP contribution in [-0.2, 0) is 38.4 Å². The smallest absolute Gasteiger partial charge is 0.246 e. The monoisotopic (exact) mass is 707 g/mol. The molecule has 8 amide bonds. The molecule has 50 heavy (non-hydrogen) atoms. The minimum atomic E-state index is -1.50. The van der Waals surface area contributed by atoms with Gasteiger partial charge in [0.1, 0.15) is 36.3 Å². The summed E-state index contributed by atoms with van der Waals surface area (Å²) in [5.41, 5.74) is 5.49. The van der Waals surface area contributed by atoms with Crippen LogP contribution in [-0.4, -0.2) is 160 Å². The molecule has 19 heteroatoms. The minimum absolute atomic E-state index is 0.263. The lowest BCUT2D eigenvalue weighted by Gasteiger charge is -2.34. The first-order valence-corrected chi connectivity index (χ1v) is 17.2. The van der Waals surface area contributed by atoms with Gasteiger partial charge in [-0.15, -0.1) is 0 Å². The molecule has 9 N–H and O–H groups in total. The van der Waals surface area contributed by atoms with Crippen LogP contribution >= 0.6 is 0 Å². The molecule has 4 rings (SSSR count). The number of likely N-dealkylation sites (tertiary alicyclic amines) is 3. The van der Waals surface area contributed by atoms with Gasteiger partial charge in [0.2, 0.25) is 47.3 Å². The van der Waals surface area contributed by atoms with Crippen LogP contribution in [0.1, 0.15) is 58.3 Å². The van der Waals surface area contributed by atoms with Crippen molar-refractivity contribution in [1.29, 1.82) is 0 Å². The lowest BCUT2D eigenvalue weighted by atomic mass is 10.1. The third-order valence-electron chi connectivity index (χ3n) is 9.69. The maximum Gasteiger partial charge on any atom is 0.246 e. The highest BCUT2D eigenvalue weighted by Gasteiger charge is 2.45. The molecule has 0 aliphatic carbocycles. The van der Waals surface area contributed by atoms with Gasteiger partial charge >= 0.3 is 0 Å². The fourth-order valence-corrected chi connectivity index (χ4v) is 7.02. The second-order valence-corrected chi connectivity index (χ2v) is 13.1. The Balaban J connectivity index is 1.26. The predicted molar refractivity (Wildman–Crippen MR) is 173 cm³/mol. The average Bonchev–Trinajstić information content (AvgIpc) is 3.93. The van der Waals surface area contributed by atoms with E-state index in [1.165, 1.54) is 21.6 Å². The fraction of sp³-hybridized carbons (Fsp3) is 0.742. The summed E-state index contributed by atoms with van der Waals surface area (Å²) in [5, 5.41) is 31.6. The number of hydrogen-bond donors (Lipinski definition) is 8. The van der Waals surface area contributed by atoms with Crippen molar-refractivity contribution < 1.29 is 48.6 Å². The number of nitrogens with two attached hydrogens (primary N) is 1. The van der Waals surface area contributed by atoms with Crippen molar-refractivity contribution >= 4 is 47.3 Å². The molecule has 4 aliphatic heterocycles. The van der Waals surface area contributed by atoms with E-state index in [-0.39, 0.29) is 18.4 Å². The zero-order valence-electron chi connectivity index (χ0n) is 28.2. The van der Waals surface area contributed by atoms with Crippen LogP contribution in [0.5, 0.6) is 0 Å². The number of nitrogens with one attached hydrogen (secondary N) is 5. The maximum atomic E-state index is 13.7. The van der Waals surface area contributed by atoms with E-state index < -0.39 is 97.5 Å². The Labute approximate surface area is 289 Å². The van der Waals surface area contributed by atoms with Crippen molar-refractivity contribution in [3.63, 3.8) is 0 Å². The Bertz CT molecular complexity index is 1330. The van der Waals surface area contributed by atoms with E-state index in [1.54, 1.807) is 0 Å². The van der Waals surface area contributed by atoms with Crippen molar-refractivity contribution in [2.75, 3.05) is 45.9 Å². The highest BCUT2D eigenvalue weighted by molar-refractivity contribution is 5.97. The van der Waals surface area contributed by atoms with E-state index in [1.807, 2.05) is 0 Å². The van der Waals surface area contributed by atoms with Gasteiger partial charge in [-0.05, 0) is 64.8 Å². The zero-order valence-corrected chi connectivity index (χ0v) is 28.2. The summed E-state index contributed by atoms with van der Waals surface area (Å²) in [6.07, 6.45) is 4.40. The van der Waals surface area contributed by atoms with Crippen molar-refractivity contribution in [3.05, 3.63) is 0 Å². The standard InChI is InChI=1S/C31H49N9O10/c1-17(35-24(43)14-34-26(45)19(15-41)36-28(47)20(16-42)37-27(46)18-6-2-10-33-18)29(48)39-12-4-8-22(39)31(50)40-13-5-9-23(40)30(49)38-11-3-7-21(38)25(32)44/h17-23,33,41-42H,2-16H2,1H3,(H2,32,44)(H,34,45)(H,35,43)(H,36,47)(H,37,46)/t17-,18-,19-,20-,21-,22-,23-/m0/s1. The Morgan fingerprint density at radius 3 is 1.82 bits per heavy atom. The number of carbonyl (C=O) groups excluding carboxylic acids is 8. The molecule has 0 radical (unpaired) electrons. The highest BCUT2D eigenvalue weighted by atomic mass is 16.3. The number of aliphatic hydroxyl groups excluding tert-OH is 2. The molecule has 4 saturated heterocycles. The highest BCUT2D eigenvalue weighted by Crippen LogP contribution is 2.28. The first-order valence-electron chi connectivity index (χ1n) is 17.2. The average molecular weight is 708 g/mol. The molecule has 0 aromatic heterocycles. The summed E-state index contributed by atoms with van der Waals surface area (Å²) in [6.45, 7) is 0.839. The number of nitrogens with zero attached hydrogens (tertiary/aromatic N) is 3. The predicted octanol–water partition coefficient (Wildman–Crippen LogP) is -5.23. The fourth-order valence-electron chi connectivity index (χ4n) is 7.02. The molecule has 4 fully saturated rings. The molecule has 7 atom stereocenters. The van der Waals surface area contributed by atoms with Gasteiger partial charge in [-0.2, -0.15) is 0 Å². The van der Waals surface area contributed by atoms with Crippen LogP contribution in [0.4, 0.5) is 0 Å². The van der Waals surface area contributed by atoms with Gasteiger partial charge in [-0.1, -0.05) is 0 Å². The van der Waals surface area contributed by atoms with Gasteiger partial charge in [0.15, 0.2) is 0 Å². The Morgan fingerprint density at radius 1 is 0.720 bits per heavy atom. The summed E-state index contributed by atoms with van der Waals surface area (Å²) in [7, 11) is 0. The Kier molecular flexibility index (Phi) is 13.5. The van der Waals surface area contributed by atoms with E-state index in [2.05, 4.69) is 26.6 Å². The molecule has 0 bridgehead atoms. The van der Waals surface area contributed by atoms with Crippen molar-refractivity contribution in [2.24, 2.45) is 5.73 Å². The molecule has 0 aromatic rings. The van der Waals surface area contributed by atoms with Crippen molar-refractivity contribution in [3.8, 4) is 0 Å². The van der Waals surface area contributed by atoms with Crippen LogP contribution in [0.25, 0.3) is 0 Å². The van der Waals surface area contributed by atoms with Crippen LogP contribution in [0.3, 0.4) is 0 Å². The number of aliphatic hydroxyl groups is 2. The van der Waals surface area contributed by atoms with Crippen LogP contribution in [0, 0.1) is 0 Å². The van der Waals surface area contributed by atoms with Crippen LogP contribution in [0.15, 0.2) is 0 Å². The van der Waals surface area contributed by atoms with Gasteiger partial charge in [0.05, 0.1) is 25.8 Å². The van der Waals surface area contributed by atoms with E-state index in [0.717, 1.165) is 6.42 Å². The summed E-state index contributed by atoms with van der Waals surface area (Å²) in [5.74, 6) is -4.89. The zero-order chi connectivity index (χ0) is 36.5. The molecule has 0 unspecified atom stereocenters. The summed E-state index contributed by atoms with van der Waals surface area (Å²) >= 11 is 0. The van der Waals surface area contributed by atoms with Gasteiger partial charge in [-0.3, -0.25) is 38.4 Å². The number of rotatable bonds is 14. The molecule has 19 nitrogen and oxygen atoms in total. The van der Waals surface area contributed by atoms with Crippen molar-refractivity contribution in [1.82, 2.24) is 41.3 Å². The number of primary amides is 1. The molecular formula is C31H49N9O10. The lowest BCUT2D eigenvalue weighted by molar-refractivity contribution is -0.150. The van der Waals surface area contributed by atoms with Gasteiger partial charge < -0.3 is 57.2 Å². The quantitative estimate of drug-likeness (QED) is 0.0845. The largest absolute Gasteiger partial charge is 0.394 e. The number of carbonyl (C=O) groups is 8. The maximum absolute atomic E-state index is 13.7. The Morgan fingerprint density at radius 2 is 1.26 bits per heavy atom. The normalized spacial score (nSPS) is 25.1. The molecule has 4 aliphatic rings. The van der Waals surface area contributed by atoms with Crippen LogP contribution < -0.4 is 32.3 Å². The first-order chi connectivity index (χ1) is 23.9. The van der Waals surface area contributed by atoms with E-state index in [9.17, 15) is 48.6 Å². The number of amides is 8. The second kappa shape index (κ2) is 17.5. The summed E-state index contributed by atoms with van der Waals surface area (Å²) in [6, 6.07) is -6.77. The molecular weight excluding hydrogens is 658 g/mol. The second-order valence-electron chi connectivity index (χ2n) is 13.1. The van der Waals surface area contributed by atoms with Gasteiger partial charge in [-0.25, -0.2) is 0 Å². The SMILES string of the molecule is C[C@H](NC(=O)CNC(=O)[C@H](CO)NC(=O)[C@H](CO)NC(=O)[C@@H]1CCCN1)C(=O)N1CCC[C@H]1C(=O)N1CCC[C@H]1C(=O)N1CCC[C@H]1C(N)=O. The van der Waals surface area contributed by atoms with Crippen molar-refractivity contribution in [2.45, 2.75) is 101 Å². The topological polar surface area (TPSA) is 273 Å². The third-order valence-corrected chi connectivity index (χ3v) is 9.69. The molecule has 0 spiro atoms. The lowest BCUT2D eigenvalue weighted by Crippen LogP contribution is -2.58. The minimum Gasteiger partial charge on any atom is -0.394 e. The Hall–Kier alpha value is -4.36. The third kappa shape index (κ3) is 9.05. The van der Waals surface area contributed by atoms with E-state index in [0.29, 0.717) is 64.6 Å². The van der Waals surface area contributed by atoms with E-state index >= 15 is 0 Å². The van der Waals surface area contributed by atoms with E-state index in [4.69, 9.17) is 5.73 Å². The summed E-state index contributed by atoms with van der Waals surface area (Å²) < 4.78 is 0. The molecule has 0 aromatic carbocycles. The molecule has 278 valence electrons. The van der Waals surface area contributed by atoms with Gasteiger partial charge in [0.25, 0.3) is 0 Å². The summed E-state index contributed by atoms with van der Waals surface area (Å²) in [4.78, 5) is 107. The molecule has 0 saturated carbocycles. The van der Waals surface area contributed by atoms with Gasteiger partial charge in [0, 0.05) is 19.6 Å². The first kappa shape index (κ1) is 38.4. The molecule has 4 heterocycles. The number of hydrogen-bond acceptors (Lipinski definition) is 11. The van der Waals surface area contributed by atoms with Crippen LogP contribution in [0.2, 0.25) is 0 Å².